The van der Waals surface area contributed by atoms with Crippen molar-refractivity contribution in [1.29, 1.82) is 0 Å². The van der Waals surface area contributed by atoms with E-state index in [0.717, 1.165) is 49.9 Å². The Balaban J connectivity index is 0.00000169. The van der Waals surface area contributed by atoms with Gasteiger partial charge in [-0.25, -0.2) is 0 Å². The molecule has 0 aliphatic carbocycles. The number of halogens is 1. The van der Waals surface area contributed by atoms with Crippen LogP contribution in [0.2, 0.25) is 0 Å². The Morgan fingerprint density at radius 2 is 2.12 bits per heavy atom. The number of fused-ring (bicyclic) bond motifs is 2. The van der Waals surface area contributed by atoms with Crippen LogP contribution in [-0.2, 0) is 25.9 Å². The second-order valence-electron chi connectivity index (χ2n) is 6.58. The molecule has 0 spiro atoms. The van der Waals surface area contributed by atoms with Gasteiger partial charge in [-0.15, -0.1) is 22.6 Å². The van der Waals surface area contributed by atoms with Crippen molar-refractivity contribution in [2.75, 3.05) is 6.61 Å². The SMILES string of the molecule is CC(NCc1ccc2c(c1)CCO2)c1nnc2n1CCCCC2.Cl. The van der Waals surface area contributed by atoms with Crippen molar-refractivity contribution < 1.29 is 4.74 Å². The second kappa shape index (κ2) is 7.53. The fourth-order valence-corrected chi connectivity index (χ4v) is 3.54. The van der Waals surface area contributed by atoms with E-state index in [0.29, 0.717) is 0 Å². The zero-order valence-electron chi connectivity index (χ0n) is 14.1. The number of aryl methyl sites for hydroxylation is 1. The van der Waals surface area contributed by atoms with Gasteiger partial charge in [-0.05, 0) is 37.0 Å². The van der Waals surface area contributed by atoms with Crippen LogP contribution < -0.4 is 10.1 Å². The molecule has 5 nitrogen and oxygen atoms in total. The molecule has 3 heterocycles. The maximum Gasteiger partial charge on any atom is 0.149 e. The fraction of sp³-hybridized carbons (Fsp3) is 0.556. The van der Waals surface area contributed by atoms with Crippen molar-refractivity contribution in [3.05, 3.63) is 41.0 Å². The first kappa shape index (κ1) is 17.2. The summed E-state index contributed by atoms with van der Waals surface area (Å²) in [6.45, 7) is 4.89. The van der Waals surface area contributed by atoms with E-state index in [9.17, 15) is 0 Å². The minimum absolute atomic E-state index is 0. The lowest BCUT2D eigenvalue weighted by Gasteiger charge is -2.15. The molecule has 4 rings (SSSR count). The Kier molecular flexibility index (Phi) is 5.41. The molecule has 1 unspecified atom stereocenters. The smallest absolute Gasteiger partial charge is 0.149 e. The van der Waals surface area contributed by atoms with Crippen LogP contribution in [0, 0.1) is 0 Å². The number of hydrogen-bond donors (Lipinski definition) is 1. The van der Waals surface area contributed by atoms with Gasteiger partial charge in [-0.3, -0.25) is 0 Å². The average Bonchev–Trinajstić information content (AvgIpc) is 3.13. The Morgan fingerprint density at radius 3 is 3.04 bits per heavy atom. The van der Waals surface area contributed by atoms with Gasteiger partial charge >= 0.3 is 0 Å². The third-order valence-electron chi connectivity index (χ3n) is 4.89. The summed E-state index contributed by atoms with van der Waals surface area (Å²) in [4.78, 5) is 0. The molecule has 0 bridgehead atoms. The summed E-state index contributed by atoms with van der Waals surface area (Å²) < 4.78 is 7.89. The van der Waals surface area contributed by atoms with E-state index in [1.807, 2.05) is 0 Å². The van der Waals surface area contributed by atoms with Gasteiger partial charge in [0.1, 0.15) is 17.4 Å². The molecule has 2 aliphatic heterocycles. The van der Waals surface area contributed by atoms with Gasteiger partial charge in [-0.2, -0.15) is 0 Å². The van der Waals surface area contributed by atoms with E-state index in [2.05, 4.69) is 45.2 Å². The Hall–Kier alpha value is -1.59. The number of rotatable bonds is 4. The van der Waals surface area contributed by atoms with Crippen LogP contribution in [0.5, 0.6) is 5.75 Å². The molecule has 0 fully saturated rings. The quantitative estimate of drug-likeness (QED) is 0.921. The number of benzene rings is 1. The predicted octanol–water partition coefficient (Wildman–Crippen LogP) is 3.21. The topological polar surface area (TPSA) is 52.0 Å². The van der Waals surface area contributed by atoms with E-state index in [-0.39, 0.29) is 18.4 Å². The molecule has 1 aromatic carbocycles. The van der Waals surface area contributed by atoms with Crippen LogP contribution in [-0.4, -0.2) is 21.4 Å². The third-order valence-corrected chi connectivity index (χ3v) is 4.89. The molecular formula is C18H25ClN4O. The largest absolute Gasteiger partial charge is 0.493 e. The third kappa shape index (κ3) is 3.42. The minimum atomic E-state index is 0. The Morgan fingerprint density at radius 1 is 1.21 bits per heavy atom. The molecule has 2 aliphatic rings. The van der Waals surface area contributed by atoms with Crippen molar-refractivity contribution in [2.24, 2.45) is 0 Å². The lowest BCUT2D eigenvalue weighted by molar-refractivity contribution is 0.357. The summed E-state index contributed by atoms with van der Waals surface area (Å²) in [5.74, 6) is 3.27. The molecule has 6 heteroatoms. The molecule has 2 aromatic rings. The molecule has 1 N–H and O–H groups in total. The molecule has 0 radical (unpaired) electrons. The summed E-state index contributed by atoms with van der Waals surface area (Å²) in [6, 6.07) is 6.70. The average molecular weight is 349 g/mol. The van der Waals surface area contributed by atoms with Crippen molar-refractivity contribution in [1.82, 2.24) is 20.1 Å². The van der Waals surface area contributed by atoms with Crippen LogP contribution in [0.1, 0.15) is 55.0 Å². The Bertz CT molecular complexity index is 700. The van der Waals surface area contributed by atoms with E-state index in [1.165, 1.54) is 30.4 Å². The Labute approximate surface area is 149 Å². The number of aromatic nitrogens is 3. The van der Waals surface area contributed by atoms with E-state index >= 15 is 0 Å². The van der Waals surface area contributed by atoms with Crippen LogP contribution in [0.25, 0.3) is 0 Å². The van der Waals surface area contributed by atoms with Gasteiger partial charge in [0.2, 0.25) is 0 Å². The lowest BCUT2D eigenvalue weighted by atomic mass is 10.1. The first-order valence-corrected chi connectivity index (χ1v) is 8.71. The maximum absolute atomic E-state index is 5.57. The first-order valence-electron chi connectivity index (χ1n) is 8.71. The first-order chi connectivity index (χ1) is 11.3. The van der Waals surface area contributed by atoms with Gasteiger partial charge in [0.15, 0.2) is 0 Å². The molecule has 1 atom stereocenters. The molecule has 0 amide bonds. The summed E-state index contributed by atoms with van der Waals surface area (Å²) >= 11 is 0. The summed E-state index contributed by atoms with van der Waals surface area (Å²) in [5.41, 5.74) is 2.63. The molecule has 0 saturated heterocycles. The predicted molar refractivity (Wildman–Crippen MR) is 95.7 cm³/mol. The standard InChI is InChI=1S/C18H24N4O.ClH/c1-13(18-21-20-17-5-3-2-4-9-22(17)18)19-12-14-6-7-16-15(11-14)8-10-23-16;/h6-7,11,13,19H,2-5,8-10,12H2,1H3;1H. The zero-order valence-corrected chi connectivity index (χ0v) is 14.9. The lowest BCUT2D eigenvalue weighted by Crippen LogP contribution is -2.22. The maximum atomic E-state index is 5.57. The van der Waals surface area contributed by atoms with Crippen molar-refractivity contribution in [3.8, 4) is 5.75 Å². The van der Waals surface area contributed by atoms with Crippen LogP contribution in [0.15, 0.2) is 18.2 Å². The summed E-state index contributed by atoms with van der Waals surface area (Å²) in [5, 5.41) is 12.4. The number of nitrogens with one attached hydrogen (secondary N) is 1. The van der Waals surface area contributed by atoms with Gasteiger partial charge in [0, 0.05) is 25.9 Å². The highest BCUT2D eigenvalue weighted by Crippen LogP contribution is 2.26. The monoisotopic (exact) mass is 348 g/mol. The van der Waals surface area contributed by atoms with Crippen molar-refractivity contribution >= 4 is 12.4 Å². The minimum Gasteiger partial charge on any atom is -0.493 e. The van der Waals surface area contributed by atoms with Crippen molar-refractivity contribution in [2.45, 2.75) is 58.2 Å². The summed E-state index contributed by atoms with van der Waals surface area (Å²) in [7, 11) is 0. The zero-order chi connectivity index (χ0) is 15.6. The van der Waals surface area contributed by atoms with E-state index < -0.39 is 0 Å². The number of nitrogens with zero attached hydrogens (tertiary/aromatic N) is 3. The molecule has 1 aromatic heterocycles. The fourth-order valence-electron chi connectivity index (χ4n) is 3.54. The summed E-state index contributed by atoms with van der Waals surface area (Å²) in [6.07, 6.45) is 5.84. The van der Waals surface area contributed by atoms with Crippen LogP contribution >= 0.6 is 12.4 Å². The number of ether oxygens (including phenoxy) is 1. The molecule has 24 heavy (non-hydrogen) atoms. The normalized spacial score (nSPS) is 17.2. The highest BCUT2D eigenvalue weighted by atomic mass is 35.5. The van der Waals surface area contributed by atoms with Gasteiger partial charge in [0.05, 0.1) is 12.6 Å². The number of hydrogen-bond acceptors (Lipinski definition) is 4. The van der Waals surface area contributed by atoms with E-state index in [1.54, 1.807) is 0 Å². The van der Waals surface area contributed by atoms with E-state index in [4.69, 9.17) is 4.74 Å². The highest BCUT2D eigenvalue weighted by Gasteiger charge is 2.19. The van der Waals surface area contributed by atoms with Gasteiger partial charge < -0.3 is 14.6 Å². The van der Waals surface area contributed by atoms with Crippen LogP contribution in [0.4, 0.5) is 0 Å². The van der Waals surface area contributed by atoms with Crippen LogP contribution in [0.3, 0.4) is 0 Å². The van der Waals surface area contributed by atoms with Gasteiger partial charge in [-0.1, -0.05) is 18.6 Å². The van der Waals surface area contributed by atoms with Crippen molar-refractivity contribution in [3.63, 3.8) is 0 Å². The molecular weight excluding hydrogens is 324 g/mol. The van der Waals surface area contributed by atoms with Gasteiger partial charge in [0.25, 0.3) is 0 Å². The second-order valence-corrected chi connectivity index (χ2v) is 6.58. The molecule has 130 valence electrons. The highest BCUT2D eigenvalue weighted by molar-refractivity contribution is 5.85. The molecule has 0 saturated carbocycles.